The molecule has 0 bridgehead atoms. The molecule has 0 fully saturated rings. The van der Waals surface area contributed by atoms with Crippen molar-refractivity contribution >= 4 is 22.7 Å². The zero-order valence-corrected chi connectivity index (χ0v) is 17.6. The van der Waals surface area contributed by atoms with Crippen LogP contribution >= 0.6 is 0 Å². The number of rotatable bonds is 8. The lowest BCUT2D eigenvalue weighted by Crippen LogP contribution is -2.40. The van der Waals surface area contributed by atoms with Crippen LogP contribution in [0.25, 0.3) is 10.8 Å². The Morgan fingerprint density at radius 3 is 2.72 bits per heavy atom. The van der Waals surface area contributed by atoms with Crippen LogP contribution in [0.1, 0.15) is 15.9 Å². The third kappa shape index (κ3) is 4.76. The number of hydrogen-bond acceptors (Lipinski definition) is 5. The lowest BCUT2D eigenvalue weighted by atomic mass is 9.99. The first kappa shape index (κ1) is 21.5. The molecule has 4 rings (SSSR count). The average molecular weight is 435 g/mol. The monoisotopic (exact) mass is 435 g/mol. The maximum absolute atomic E-state index is 12.9. The SMILES string of the molecule is NC(=O)N(O)CCOc1ccc2c(c1)CCN(CCOc1cccc3ccccc13)C2=O. The van der Waals surface area contributed by atoms with E-state index in [9.17, 15) is 14.8 Å². The highest BCUT2D eigenvalue weighted by molar-refractivity contribution is 5.97. The topological polar surface area (TPSA) is 105 Å². The Bertz CT molecular complexity index is 1130. The Labute approximate surface area is 185 Å². The van der Waals surface area contributed by atoms with Gasteiger partial charge in [0.2, 0.25) is 0 Å². The zero-order chi connectivity index (χ0) is 22.5. The Morgan fingerprint density at radius 1 is 1.06 bits per heavy atom. The van der Waals surface area contributed by atoms with E-state index in [0.717, 1.165) is 22.1 Å². The molecule has 166 valence electrons. The highest BCUT2D eigenvalue weighted by Gasteiger charge is 2.24. The molecule has 3 aromatic rings. The molecule has 0 aliphatic carbocycles. The van der Waals surface area contributed by atoms with Crippen LogP contribution < -0.4 is 15.2 Å². The van der Waals surface area contributed by atoms with E-state index in [1.54, 1.807) is 17.0 Å². The van der Waals surface area contributed by atoms with Gasteiger partial charge in [-0.2, -0.15) is 0 Å². The van der Waals surface area contributed by atoms with Crippen molar-refractivity contribution in [2.75, 3.05) is 32.8 Å². The van der Waals surface area contributed by atoms with E-state index in [4.69, 9.17) is 15.2 Å². The lowest BCUT2D eigenvalue weighted by molar-refractivity contribution is -0.0464. The van der Waals surface area contributed by atoms with Gasteiger partial charge in [-0.25, -0.2) is 9.86 Å². The number of urea groups is 1. The van der Waals surface area contributed by atoms with E-state index in [2.05, 4.69) is 0 Å². The second kappa shape index (κ2) is 9.57. The van der Waals surface area contributed by atoms with Crippen molar-refractivity contribution in [1.82, 2.24) is 9.96 Å². The molecular weight excluding hydrogens is 410 g/mol. The first-order valence-electron chi connectivity index (χ1n) is 10.4. The van der Waals surface area contributed by atoms with Crippen molar-refractivity contribution in [2.24, 2.45) is 5.73 Å². The molecule has 3 aromatic carbocycles. The van der Waals surface area contributed by atoms with Gasteiger partial charge in [-0.1, -0.05) is 36.4 Å². The molecule has 8 heteroatoms. The molecule has 3 N–H and O–H groups in total. The molecular formula is C24H25N3O5. The molecule has 0 saturated heterocycles. The summed E-state index contributed by atoms with van der Waals surface area (Å²) in [6.45, 7) is 1.55. The van der Waals surface area contributed by atoms with Crippen molar-refractivity contribution in [1.29, 1.82) is 0 Å². The van der Waals surface area contributed by atoms with Gasteiger partial charge < -0.3 is 20.1 Å². The molecule has 8 nitrogen and oxygen atoms in total. The number of fused-ring (bicyclic) bond motifs is 2. The first-order chi connectivity index (χ1) is 15.5. The number of nitrogens with zero attached hydrogens (tertiary/aromatic N) is 2. The van der Waals surface area contributed by atoms with Crippen LogP contribution in [0.15, 0.2) is 60.7 Å². The molecule has 1 heterocycles. The van der Waals surface area contributed by atoms with Gasteiger partial charge in [0.15, 0.2) is 0 Å². The van der Waals surface area contributed by atoms with Crippen molar-refractivity contribution < 1.29 is 24.3 Å². The normalized spacial score (nSPS) is 13.0. The Morgan fingerprint density at radius 2 is 1.88 bits per heavy atom. The van der Waals surface area contributed by atoms with Gasteiger partial charge >= 0.3 is 6.03 Å². The summed E-state index contributed by atoms with van der Waals surface area (Å²) < 4.78 is 11.5. The maximum atomic E-state index is 12.9. The number of benzene rings is 3. The number of ether oxygens (including phenoxy) is 2. The van der Waals surface area contributed by atoms with Crippen molar-refractivity contribution in [3.63, 3.8) is 0 Å². The molecule has 0 atom stereocenters. The van der Waals surface area contributed by atoms with Crippen molar-refractivity contribution in [3.8, 4) is 11.5 Å². The molecule has 0 radical (unpaired) electrons. The third-order valence-corrected chi connectivity index (χ3v) is 5.44. The number of hydrogen-bond donors (Lipinski definition) is 2. The minimum Gasteiger partial charge on any atom is -0.492 e. The van der Waals surface area contributed by atoms with Crippen LogP contribution in [-0.2, 0) is 6.42 Å². The molecule has 0 unspecified atom stereocenters. The summed E-state index contributed by atoms with van der Waals surface area (Å²) in [7, 11) is 0. The van der Waals surface area contributed by atoms with Gasteiger partial charge in [-0.3, -0.25) is 10.0 Å². The highest BCUT2D eigenvalue weighted by atomic mass is 16.5. The van der Waals surface area contributed by atoms with E-state index in [-0.39, 0.29) is 19.1 Å². The van der Waals surface area contributed by atoms with Gasteiger partial charge in [0, 0.05) is 17.5 Å². The summed E-state index contributed by atoms with van der Waals surface area (Å²) in [5, 5.41) is 11.8. The van der Waals surface area contributed by atoms with Crippen LogP contribution in [0.2, 0.25) is 0 Å². The quantitative estimate of drug-likeness (QED) is 0.418. The number of amides is 3. The Balaban J connectivity index is 1.33. The predicted molar refractivity (Wildman–Crippen MR) is 119 cm³/mol. The van der Waals surface area contributed by atoms with Crippen LogP contribution in [0.5, 0.6) is 11.5 Å². The van der Waals surface area contributed by atoms with Crippen LogP contribution in [0, 0.1) is 0 Å². The van der Waals surface area contributed by atoms with Gasteiger partial charge in [0.05, 0.1) is 13.1 Å². The number of hydroxylamine groups is 2. The fraction of sp³-hybridized carbons (Fsp3) is 0.250. The second-order valence-corrected chi connectivity index (χ2v) is 7.50. The number of carbonyl (C=O) groups is 2. The summed E-state index contributed by atoms with van der Waals surface area (Å²) in [5.74, 6) is 1.35. The summed E-state index contributed by atoms with van der Waals surface area (Å²) in [5.41, 5.74) is 6.52. The zero-order valence-electron chi connectivity index (χ0n) is 17.6. The molecule has 3 amide bonds. The van der Waals surface area contributed by atoms with E-state index >= 15 is 0 Å². The Hall–Kier alpha value is -3.78. The molecule has 0 aromatic heterocycles. The van der Waals surface area contributed by atoms with E-state index < -0.39 is 6.03 Å². The summed E-state index contributed by atoms with van der Waals surface area (Å²) >= 11 is 0. The predicted octanol–water partition coefficient (Wildman–Crippen LogP) is 3.07. The molecule has 32 heavy (non-hydrogen) atoms. The Kier molecular flexibility index (Phi) is 6.42. The van der Waals surface area contributed by atoms with E-state index in [1.165, 1.54) is 0 Å². The van der Waals surface area contributed by atoms with Crippen LogP contribution in [0.4, 0.5) is 4.79 Å². The van der Waals surface area contributed by atoms with Gasteiger partial charge in [-0.15, -0.1) is 0 Å². The van der Waals surface area contributed by atoms with Crippen molar-refractivity contribution in [3.05, 3.63) is 71.8 Å². The van der Waals surface area contributed by atoms with Gasteiger partial charge in [0.25, 0.3) is 5.91 Å². The van der Waals surface area contributed by atoms with E-state index in [0.29, 0.717) is 42.5 Å². The minimum atomic E-state index is -0.936. The number of primary amides is 1. The summed E-state index contributed by atoms with van der Waals surface area (Å²) in [6, 6.07) is 18.3. The van der Waals surface area contributed by atoms with Crippen LogP contribution in [0.3, 0.4) is 0 Å². The van der Waals surface area contributed by atoms with Gasteiger partial charge in [0.1, 0.15) is 24.7 Å². The smallest absolute Gasteiger partial charge is 0.338 e. The number of carbonyl (C=O) groups excluding carboxylic acids is 2. The molecule has 1 aliphatic heterocycles. The molecule has 1 aliphatic rings. The standard InChI is InChI=1S/C24H25N3O5/c25-24(29)27(30)13-15-31-19-8-9-21-18(16-19)10-11-26(23(21)28)12-14-32-22-7-3-5-17-4-1-2-6-20(17)22/h1-9,16,30H,10-15H2,(H2,25,29). The van der Waals surface area contributed by atoms with Gasteiger partial charge in [-0.05, 0) is 41.6 Å². The largest absolute Gasteiger partial charge is 0.492 e. The summed E-state index contributed by atoms with van der Waals surface area (Å²) in [6.07, 6.45) is 0.708. The maximum Gasteiger partial charge on any atom is 0.338 e. The second-order valence-electron chi connectivity index (χ2n) is 7.50. The minimum absolute atomic E-state index is 0.0328. The first-order valence-corrected chi connectivity index (χ1v) is 10.4. The fourth-order valence-electron chi connectivity index (χ4n) is 3.76. The van der Waals surface area contributed by atoms with Crippen LogP contribution in [-0.4, -0.2) is 60.0 Å². The van der Waals surface area contributed by atoms with Crippen molar-refractivity contribution in [2.45, 2.75) is 6.42 Å². The third-order valence-electron chi connectivity index (χ3n) is 5.44. The molecule has 0 saturated carbocycles. The fourth-order valence-corrected chi connectivity index (χ4v) is 3.76. The number of nitrogens with two attached hydrogens (primary N) is 1. The lowest BCUT2D eigenvalue weighted by Gasteiger charge is -2.29. The molecule has 0 spiro atoms. The highest BCUT2D eigenvalue weighted by Crippen LogP contribution is 2.26. The average Bonchev–Trinajstić information content (AvgIpc) is 2.80. The summed E-state index contributed by atoms with van der Waals surface area (Å²) in [4.78, 5) is 25.5. The van der Waals surface area contributed by atoms with E-state index in [1.807, 2.05) is 48.5 Å².